The summed E-state index contributed by atoms with van der Waals surface area (Å²) in [4.78, 5) is 23.3. The number of para-hydroxylation sites is 1. The molecule has 0 saturated heterocycles. The van der Waals surface area contributed by atoms with Crippen LogP contribution in [0.2, 0.25) is 0 Å². The van der Waals surface area contributed by atoms with Crippen LogP contribution in [0.3, 0.4) is 0 Å². The summed E-state index contributed by atoms with van der Waals surface area (Å²) in [6.07, 6.45) is 8.99. The lowest BCUT2D eigenvalue weighted by Crippen LogP contribution is -2.37. The van der Waals surface area contributed by atoms with E-state index in [1.807, 2.05) is 23.2 Å². The van der Waals surface area contributed by atoms with Gasteiger partial charge in [0, 0.05) is 43.4 Å². The quantitative estimate of drug-likeness (QED) is 0.590. The molecule has 0 fully saturated rings. The first-order valence-corrected chi connectivity index (χ1v) is 9.47. The van der Waals surface area contributed by atoms with Crippen molar-refractivity contribution in [2.24, 2.45) is 0 Å². The number of nitrogens with zero attached hydrogens (tertiary/aromatic N) is 3. The molecule has 0 bridgehead atoms. The van der Waals surface area contributed by atoms with E-state index in [0.717, 1.165) is 29.8 Å². The summed E-state index contributed by atoms with van der Waals surface area (Å²) in [7, 11) is 0. The largest absolute Gasteiger partial charge is 0.368 e. The van der Waals surface area contributed by atoms with E-state index >= 15 is 0 Å². The third kappa shape index (κ3) is 4.07. The molecule has 1 aromatic carbocycles. The lowest BCUT2D eigenvalue weighted by molar-refractivity contribution is -0.133. The van der Waals surface area contributed by atoms with E-state index < -0.39 is 0 Å². The number of nitrogens with one attached hydrogen (secondary N) is 2. The topological polar surface area (TPSA) is 79.4 Å². The van der Waals surface area contributed by atoms with Crippen molar-refractivity contribution in [2.75, 3.05) is 30.4 Å². The van der Waals surface area contributed by atoms with E-state index in [-0.39, 0.29) is 18.7 Å². The van der Waals surface area contributed by atoms with Crippen LogP contribution >= 0.6 is 0 Å². The van der Waals surface area contributed by atoms with Gasteiger partial charge in [0.1, 0.15) is 12.8 Å². The Morgan fingerprint density at radius 3 is 3.14 bits per heavy atom. The maximum absolute atomic E-state index is 12.3. The fourth-order valence-electron chi connectivity index (χ4n) is 3.59. The number of carbonyl (C=O) groups excluding carboxylic acids is 1. The molecule has 3 heterocycles. The molecule has 0 spiro atoms. The van der Waals surface area contributed by atoms with E-state index in [9.17, 15) is 4.79 Å². The third-order valence-corrected chi connectivity index (χ3v) is 5.01. The van der Waals surface area contributed by atoms with Gasteiger partial charge < -0.3 is 20.3 Å². The Bertz CT molecular complexity index is 883. The molecule has 2 aliphatic heterocycles. The number of aromatic nitrogens is 2. The number of benzene rings is 1. The zero-order valence-electron chi connectivity index (χ0n) is 15.6. The average Bonchev–Trinajstić information content (AvgIpc) is 3.13. The lowest BCUT2D eigenvalue weighted by Gasteiger charge is -2.28. The normalized spacial score (nSPS) is 17.2. The number of anilines is 2. The zero-order valence-corrected chi connectivity index (χ0v) is 15.6. The standard InChI is InChI=1S/C21H23N5O2/c1-2-10-28-11-8-20(27)26-9-7-18-16(14-26)13-22-21(24-18)25-19-12-15-5-3-4-6-17(15)23-19/h1,3-6,13,19,23H,7-12,14H2,(H,22,24,25). The Balaban J connectivity index is 1.33. The molecule has 7 nitrogen and oxygen atoms in total. The number of hydrogen-bond acceptors (Lipinski definition) is 6. The molecule has 0 aliphatic carbocycles. The molecule has 2 aliphatic rings. The van der Waals surface area contributed by atoms with Gasteiger partial charge in [0.15, 0.2) is 0 Å². The Morgan fingerprint density at radius 2 is 2.29 bits per heavy atom. The van der Waals surface area contributed by atoms with Crippen molar-refractivity contribution in [1.29, 1.82) is 0 Å². The number of fused-ring (bicyclic) bond motifs is 2. The highest BCUT2D eigenvalue weighted by atomic mass is 16.5. The second kappa shape index (κ2) is 8.28. The van der Waals surface area contributed by atoms with Crippen molar-refractivity contribution >= 4 is 17.5 Å². The summed E-state index contributed by atoms with van der Waals surface area (Å²) in [5.41, 5.74) is 4.44. The Morgan fingerprint density at radius 1 is 1.39 bits per heavy atom. The molecule has 0 radical (unpaired) electrons. The summed E-state index contributed by atoms with van der Waals surface area (Å²) < 4.78 is 5.19. The van der Waals surface area contributed by atoms with Gasteiger partial charge in [0.25, 0.3) is 0 Å². The first-order valence-electron chi connectivity index (χ1n) is 9.47. The number of amides is 1. The van der Waals surface area contributed by atoms with E-state index in [0.29, 0.717) is 32.1 Å². The number of rotatable bonds is 6. The minimum absolute atomic E-state index is 0.0674. The molecular formula is C21H23N5O2. The molecule has 28 heavy (non-hydrogen) atoms. The minimum Gasteiger partial charge on any atom is -0.368 e. The van der Waals surface area contributed by atoms with Gasteiger partial charge in [-0.25, -0.2) is 9.97 Å². The fourth-order valence-corrected chi connectivity index (χ4v) is 3.59. The summed E-state index contributed by atoms with van der Waals surface area (Å²) in [5, 5.41) is 6.81. The van der Waals surface area contributed by atoms with Crippen LogP contribution in [0.1, 0.15) is 23.2 Å². The van der Waals surface area contributed by atoms with Crippen LogP contribution in [0.4, 0.5) is 11.6 Å². The third-order valence-electron chi connectivity index (χ3n) is 5.01. The van der Waals surface area contributed by atoms with Gasteiger partial charge in [-0.2, -0.15) is 0 Å². The van der Waals surface area contributed by atoms with Crippen LogP contribution in [0.15, 0.2) is 30.5 Å². The van der Waals surface area contributed by atoms with Crippen molar-refractivity contribution in [2.45, 2.75) is 32.0 Å². The van der Waals surface area contributed by atoms with E-state index in [2.05, 4.69) is 38.7 Å². The van der Waals surface area contributed by atoms with Gasteiger partial charge in [0.2, 0.25) is 11.9 Å². The summed E-state index contributed by atoms with van der Waals surface area (Å²) >= 11 is 0. The van der Waals surface area contributed by atoms with Gasteiger partial charge in [0.05, 0.1) is 18.7 Å². The van der Waals surface area contributed by atoms with Gasteiger partial charge in [-0.3, -0.25) is 4.79 Å². The van der Waals surface area contributed by atoms with E-state index in [1.54, 1.807) is 0 Å². The van der Waals surface area contributed by atoms with Crippen molar-refractivity contribution < 1.29 is 9.53 Å². The second-order valence-corrected chi connectivity index (χ2v) is 6.94. The molecule has 2 N–H and O–H groups in total. The van der Waals surface area contributed by atoms with Crippen LogP contribution in [0.5, 0.6) is 0 Å². The predicted octanol–water partition coefficient (Wildman–Crippen LogP) is 1.81. The maximum atomic E-state index is 12.3. The fraction of sp³-hybridized carbons (Fsp3) is 0.381. The van der Waals surface area contributed by atoms with Crippen molar-refractivity contribution in [3.8, 4) is 12.3 Å². The second-order valence-electron chi connectivity index (χ2n) is 6.94. The van der Waals surface area contributed by atoms with Crippen molar-refractivity contribution in [3.63, 3.8) is 0 Å². The van der Waals surface area contributed by atoms with Gasteiger partial charge >= 0.3 is 0 Å². The summed E-state index contributed by atoms with van der Waals surface area (Å²) in [6, 6.07) is 8.28. The number of ether oxygens (including phenoxy) is 1. The van der Waals surface area contributed by atoms with Gasteiger partial charge in [-0.05, 0) is 11.6 Å². The van der Waals surface area contributed by atoms with Gasteiger partial charge in [-0.1, -0.05) is 24.1 Å². The average molecular weight is 377 g/mol. The smallest absolute Gasteiger partial charge is 0.225 e. The molecule has 1 atom stereocenters. The molecule has 4 rings (SSSR count). The Hall–Kier alpha value is -3.11. The van der Waals surface area contributed by atoms with E-state index in [1.165, 1.54) is 5.56 Å². The monoisotopic (exact) mass is 377 g/mol. The first kappa shape index (κ1) is 18.3. The van der Waals surface area contributed by atoms with Crippen LogP contribution < -0.4 is 10.6 Å². The summed E-state index contributed by atoms with van der Waals surface area (Å²) in [6.45, 7) is 1.78. The highest BCUT2D eigenvalue weighted by molar-refractivity contribution is 5.76. The highest BCUT2D eigenvalue weighted by Gasteiger charge is 2.24. The first-order chi connectivity index (χ1) is 13.7. The lowest BCUT2D eigenvalue weighted by atomic mass is 10.1. The van der Waals surface area contributed by atoms with Crippen LogP contribution in [0, 0.1) is 12.3 Å². The van der Waals surface area contributed by atoms with Crippen LogP contribution in [0.25, 0.3) is 0 Å². The molecule has 144 valence electrons. The van der Waals surface area contributed by atoms with Crippen LogP contribution in [-0.4, -0.2) is 46.7 Å². The molecule has 0 saturated carbocycles. The van der Waals surface area contributed by atoms with Gasteiger partial charge in [-0.15, -0.1) is 6.42 Å². The van der Waals surface area contributed by atoms with E-state index in [4.69, 9.17) is 11.2 Å². The molecule has 2 aromatic rings. The predicted molar refractivity (Wildman–Crippen MR) is 107 cm³/mol. The summed E-state index contributed by atoms with van der Waals surface area (Å²) in [5.74, 6) is 3.08. The Labute approximate surface area is 164 Å². The number of hydrogen-bond donors (Lipinski definition) is 2. The number of terminal acetylenes is 1. The molecule has 1 amide bonds. The minimum atomic E-state index is 0.0674. The molecule has 1 aromatic heterocycles. The molecule has 7 heteroatoms. The zero-order chi connectivity index (χ0) is 19.3. The van der Waals surface area contributed by atoms with Crippen molar-refractivity contribution in [1.82, 2.24) is 14.9 Å². The Kier molecular flexibility index (Phi) is 5.40. The van der Waals surface area contributed by atoms with Crippen LogP contribution in [-0.2, 0) is 28.9 Å². The molecule has 1 unspecified atom stereocenters. The highest BCUT2D eigenvalue weighted by Crippen LogP contribution is 2.26. The SMILES string of the molecule is C#CCOCCC(=O)N1CCc2nc(NC3Cc4ccccc4N3)ncc2C1. The molecular weight excluding hydrogens is 354 g/mol. The maximum Gasteiger partial charge on any atom is 0.225 e. The van der Waals surface area contributed by atoms with Crippen molar-refractivity contribution in [3.05, 3.63) is 47.3 Å². The number of carbonyl (C=O) groups is 1.